The smallest absolute Gasteiger partial charge is 0.346 e. The molecule has 1 aromatic heterocycles. The van der Waals surface area contributed by atoms with Crippen LogP contribution < -0.4 is 0 Å². The third-order valence-corrected chi connectivity index (χ3v) is 12.0. The quantitative estimate of drug-likeness (QED) is 0.301. The van der Waals surface area contributed by atoms with E-state index in [4.69, 9.17) is 14.2 Å². The van der Waals surface area contributed by atoms with E-state index in [9.17, 15) is 27.6 Å². The van der Waals surface area contributed by atoms with Crippen molar-refractivity contribution in [1.82, 2.24) is 8.87 Å². The summed E-state index contributed by atoms with van der Waals surface area (Å²) in [6.45, 7) is 3.42. The molecule has 3 aromatic rings. The number of aromatic nitrogens is 1. The van der Waals surface area contributed by atoms with Crippen LogP contribution in [0.25, 0.3) is 10.9 Å². The topological polar surface area (TPSA) is 138 Å². The van der Waals surface area contributed by atoms with Gasteiger partial charge in [0.15, 0.2) is 16.9 Å². The maximum Gasteiger partial charge on any atom is 0.346 e. The number of esters is 2. The standard InChI is InChI=1S/C32H32N2O9S/c1-4-29-16-11-17-33-24(35)18-22-21-14-9-10-15-23(21)34(44(39,40)20-12-7-6-8-13-20)25(22)30(27(37)41-3)19-31(26(29)36,28(38)42-5-2)43-32(29,30)33/h6-10,12-15H,4-5,11,16-19H2,1-3H3/t29-,30+,31-,32-/m0/s1. The van der Waals surface area contributed by atoms with Crippen molar-refractivity contribution in [2.24, 2.45) is 5.41 Å². The van der Waals surface area contributed by atoms with Crippen LogP contribution in [-0.2, 0) is 55.2 Å². The van der Waals surface area contributed by atoms with Crippen molar-refractivity contribution in [3.63, 3.8) is 0 Å². The number of hydrogen-bond donors (Lipinski definition) is 0. The van der Waals surface area contributed by atoms with E-state index in [-0.39, 0.29) is 48.5 Å². The number of benzene rings is 2. The third kappa shape index (κ3) is 2.98. The Hall–Kier alpha value is -4.03. The van der Waals surface area contributed by atoms with Gasteiger partial charge in [0.25, 0.3) is 10.0 Å². The number of ketones is 1. The van der Waals surface area contributed by atoms with E-state index >= 15 is 0 Å². The fraction of sp³-hybridized carbons (Fsp3) is 0.438. The Bertz CT molecular complexity index is 1890. The van der Waals surface area contributed by atoms with Gasteiger partial charge < -0.3 is 19.1 Å². The molecule has 0 N–H and O–H groups in total. The van der Waals surface area contributed by atoms with E-state index in [2.05, 4.69) is 0 Å². The van der Waals surface area contributed by atoms with E-state index in [0.717, 1.165) is 3.97 Å². The van der Waals surface area contributed by atoms with Crippen molar-refractivity contribution >= 4 is 44.6 Å². The largest absolute Gasteiger partial charge is 0.468 e. The molecule has 0 aliphatic carbocycles. The van der Waals surface area contributed by atoms with Crippen LogP contribution in [0.3, 0.4) is 0 Å². The summed E-state index contributed by atoms with van der Waals surface area (Å²) in [5, 5.41) is 0.455. The summed E-state index contributed by atoms with van der Waals surface area (Å²) in [7, 11) is -3.26. The zero-order valence-corrected chi connectivity index (χ0v) is 25.4. The molecule has 1 amide bonds. The van der Waals surface area contributed by atoms with Crippen LogP contribution in [0.5, 0.6) is 0 Å². The predicted octanol–water partition coefficient (Wildman–Crippen LogP) is 2.87. The zero-order valence-electron chi connectivity index (χ0n) is 24.6. The van der Waals surface area contributed by atoms with Crippen molar-refractivity contribution in [3.8, 4) is 0 Å². The maximum absolute atomic E-state index is 14.7. The van der Waals surface area contributed by atoms with Gasteiger partial charge >= 0.3 is 11.9 Å². The Kier molecular flexibility index (Phi) is 6.03. The first-order valence-corrected chi connectivity index (χ1v) is 16.2. The van der Waals surface area contributed by atoms with E-state index in [1.165, 1.54) is 24.1 Å². The van der Waals surface area contributed by atoms with Crippen LogP contribution in [0.15, 0.2) is 59.5 Å². The Balaban J connectivity index is 1.71. The summed E-state index contributed by atoms with van der Waals surface area (Å²) in [6.07, 6.45) is -0.0791. The summed E-state index contributed by atoms with van der Waals surface area (Å²) >= 11 is 0. The second-order valence-corrected chi connectivity index (χ2v) is 13.7. The average Bonchev–Trinajstić information content (AvgIpc) is 3.60. The molecule has 4 aliphatic rings. The summed E-state index contributed by atoms with van der Waals surface area (Å²) in [4.78, 5) is 59.0. The second-order valence-electron chi connectivity index (χ2n) is 11.9. The molecule has 4 atom stereocenters. The first-order chi connectivity index (χ1) is 21.0. The van der Waals surface area contributed by atoms with Gasteiger partial charge in [0.05, 0.1) is 41.7 Å². The molecule has 4 aliphatic heterocycles. The second kappa shape index (κ2) is 9.24. The highest BCUT2D eigenvalue weighted by Crippen LogP contribution is 2.73. The minimum atomic E-state index is -4.43. The molecule has 5 heterocycles. The van der Waals surface area contributed by atoms with Crippen molar-refractivity contribution in [2.75, 3.05) is 20.3 Å². The zero-order chi connectivity index (χ0) is 31.3. The van der Waals surface area contributed by atoms with Crippen LogP contribution in [0.1, 0.15) is 50.8 Å². The molecule has 7 rings (SSSR count). The van der Waals surface area contributed by atoms with Crippen LogP contribution in [0.2, 0.25) is 0 Å². The van der Waals surface area contributed by atoms with Crippen molar-refractivity contribution in [3.05, 3.63) is 65.9 Å². The Morgan fingerprint density at radius 1 is 1.00 bits per heavy atom. The van der Waals surface area contributed by atoms with E-state index < -0.39 is 62.2 Å². The van der Waals surface area contributed by atoms with Crippen LogP contribution in [0, 0.1) is 5.41 Å². The van der Waals surface area contributed by atoms with E-state index in [0.29, 0.717) is 17.4 Å². The van der Waals surface area contributed by atoms with Gasteiger partial charge in [-0.2, -0.15) is 0 Å². The third-order valence-electron chi connectivity index (χ3n) is 10.2. The Labute approximate surface area is 254 Å². The van der Waals surface area contributed by atoms with Gasteiger partial charge in [0.2, 0.25) is 11.5 Å². The monoisotopic (exact) mass is 620 g/mol. The lowest BCUT2D eigenvalue weighted by molar-refractivity contribution is -0.232. The van der Waals surface area contributed by atoms with E-state index in [1.54, 1.807) is 56.3 Å². The van der Waals surface area contributed by atoms with E-state index in [1.807, 2.05) is 0 Å². The number of ether oxygens (including phenoxy) is 3. The van der Waals surface area contributed by atoms with Gasteiger partial charge in [0, 0.05) is 18.4 Å². The summed E-state index contributed by atoms with van der Waals surface area (Å²) in [5.41, 5.74) is -7.41. The van der Waals surface area contributed by atoms with Gasteiger partial charge in [-0.25, -0.2) is 17.2 Å². The number of nitrogens with zero attached hydrogens (tertiary/aromatic N) is 2. The van der Waals surface area contributed by atoms with Gasteiger partial charge in [-0.3, -0.25) is 14.4 Å². The molecule has 2 bridgehead atoms. The number of carbonyl (C=O) groups excluding carboxylic acids is 4. The average molecular weight is 621 g/mol. The minimum absolute atomic E-state index is 0.0244. The van der Waals surface area contributed by atoms with Crippen LogP contribution in [0.4, 0.5) is 0 Å². The molecule has 0 radical (unpaired) electrons. The number of carbonyl (C=O) groups is 4. The van der Waals surface area contributed by atoms with Gasteiger partial charge in [-0.05, 0) is 49.9 Å². The molecule has 3 saturated heterocycles. The summed E-state index contributed by atoms with van der Waals surface area (Å²) in [6, 6.07) is 14.5. The molecule has 1 spiro atoms. The highest BCUT2D eigenvalue weighted by Gasteiger charge is 2.92. The van der Waals surface area contributed by atoms with Crippen molar-refractivity contribution in [1.29, 1.82) is 0 Å². The first-order valence-electron chi connectivity index (χ1n) is 14.8. The fourth-order valence-corrected chi connectivity index (χ4v) is 10.3. The van der Waals surface area contributed by atoms with Crippen LogP contribution in [-0.4, -0.2) is 72.5 Å². The molecule has 0 unspecified atom stereocenters. The number of piperidine rings is 1. The fourth-order valence-electron chi connectivity index (χ4n) is 8.70. The minimum Gasteiger partial charge on any atom is -0.468 e. The molecule has 3 fully saturated rings. The lowest BCUT2D eigenvalue weighted by atomic mass is 9.49. The summed E-state index contributed by atoms with van der Waals surface area (Å²) < 4.78 is 48.2. The Morgan fingerprint density at radius 3 is 2.39 bits per heavy atom. The number of hydrogen-bond acceptors (Lipinski definition) is 9. The predicted molar refractivity (Wildman–Crippen MR) is 155 cm³/mol. The highest BCUT2D eigenvalue weighted by molar-refractivity contribution is 7.90. The van der Waals surface area contributed by atoms with Gasteiger partial charge in [-0.1, -0.05) is 43.3 Å². The number of methoxy groups -OCH3 is 1. The molecular formula is C32H32N2O9S. The number of amides is 1. The number of para-hydroxylation sites is 1. The molecule has 11 nitrogen and oxygen atoms in total. The lowest BCUT2D eigenvalue weighted by Crippen LogP contribution is -2.76. The molecular weight excluding hydrogens is 588 g/mol. The number of rotatable bonds is 6. The summed E-state index contributed by atoms with van der Waals surface area (Å²) in [5.74, 6) is -2.87. The first kappa shape index (κ1) is 28.7. The van der Waals surface area contributed by atoms with Gasteiger partial charge in [-0.15, -0.1) is 0 Å². The molecule has 2 aromatic carbocycles. The molecule has 0 saturated carbocycles. The molecule has 12 heteroatoms. The highest BCUT2D eigenvalue weighted by atomic mass is 32.2. The number of Topliss-reactive ketones (excluding diaryl/α,β-unsaturated/α-hetero) is 1. The number of fused-ring (bicyclic) bond motifs is 5. The molecule has 230 valence electrons. The maximum atomic E-state index is 14.7. The van der Waals surface area contributed by atoms with Crippen LogP contribution >= 0.6 is 0 Å². The normalized spacial score (nSPS) is 30.6. The van der Waals surface area contributed by atoms with Crippen molar-refractivity contribution < 1.29 is 41.8 Å². The Morgan fingerprint density at radius 2 is 1.70 bits per heavy atom. The SMILES string of the molecule is CCOC(=O)[C@]12C[C@]3(C(=O)OC)c4c(c5ccccc5n4S(=O)(=O)c4ccccc4)CC(=O)N4CCC[C@@](CC)(C1=O)[C@@]43O2. The van der Waals surface area contributed by atoms with Gasteiger partial charge in [0.1, 0.15) is 0 Å². The lowest BCUT2D eigenvalue weighted by Gasteiger charge is -2.58. The molecule has 44 heavy (non-hydrogen) atoms. The van der Waals surface area contributed by atoms with Crippen molar-refractivity contribution in [2.45, 2.75) is 67.6 Å².